The van der Waals surface area contributed by atoms with Gasteiger partial charge < -0.3 is 0 Å². The Balaban J connectivity index is 2.31. The van der Waals surface area contributed by atoms with Crippen LogP contribution in [0.5, 0.6) is 0 Å². The molecule has 0 aromatic rings. The highest BCUT2D eigenvalue weighted by Gasteiger charge is 2.39. The monoisotopic (exact) mass is 140 g/mol. The van der Waals surface area contributed by atoms with Crippen LogP contribution in [0, 0.1) is 11.3 Å². The molecule has 0 aromatic carbocycles. The van der Waals surface area contributed by atoms with E-state index in [0.29, 0.717) is 11.2 Å². The summed E-state index contributed by atoms with van der Waals surface area (Å²) < 4.78 is 0. The van der Waals surface area contributed by atoms with E-state index in [4.69, 9.17) is 0 Å². The molecular formula is C9H16O. The molecule has 10 heavy (non-hydrogen) atoms. The van der Waals surface area contributed by atoms with E-state index >= 15 is 0 Å². The van der Waals surface area contributed by atoms with E-state index in [1.807, 2.05) is 13.8 Å². The van der Waals surface area contributed by atoms with Crippen LogP contribution in [0.15, 0.2) is 0 Å². The van der Waals surface area contributed by atoms with Crippen LogP contribution < -0.4 is 0 Å². The van der Waals surface area contributed by atoms with E-state index in [2.05, 4.69) is 6.92 Å². The largest absolute Gasteiger partial charge is 0.299 e. The zero-order chi connectivity index (χ0) is 7.78. The van der Waals surface area contributed by atoms with E-state index in [9.17, 15) is 4.79 Å². The van der Waals surface area contributed by atoms with Gasteiger partial charge in [0.15, 0.2) is 0 Å². The maximum atomic E-state index is 11.2. The second kappa shape index (κ2) is 2.37. The lowest BCUT2D eigenvalue weighted by atomic mass is 9.96. The fraction of sp³-hybridized carbons (Fsp3) is 0.889. The van der Waals surface area contributed by atoms with Gasteiger partial charge in [0, 0.05) is 12.3 Å². The Labute approximate surface area is 62.8 Å². The van der Waals surface area contributed by atoms with Crippen molar-refractivity contribution in [2.45, 2.75) is 40.0 Å². The summed E-state index contributed by atoms with van der Waals surface area (Å²) in [6.45, 7) is 6.16. The van der Waals surface area contributed by atoms with Crippen LogP contribution in [0.3, 0.4) is 0 Å². The molecule has 0 bridgehead atoms. The average Bonchev–Trinajstić information content (AvgIpc) is 2.47. The molecule has 1 saturated carbocycles. The minimum atomic E-state index is 0.234. The van der Waals surface area contributed by atoms with Crippen LogP contribution >= 0.6 is 0 Å². The molecule has 0 atom stereocenters. The Bertz CT molecular complexity index is 143. The Kier molecular flexibility index (Phi) is 1.84. The normalized spacial score (nSPS) is 21.2. The first kappa shape index (κ1) is 7.77. The number of rotatable bonds is 3. The van der Waals surface area contributed by atoms with Crippen molar-refractivity contribution in [3.8, 4) is 0 Å². The summed E-state index contributed by atoms with van der Waals surface area (Å²) in [6.07, 6.45) is 3.32. The van der Waals surface area contributed by atoms with E-state index in [1.165, 1.54) is 12.8 Å². The van der Waals surface area contributed by atoms with Gasteiger partial charge in [0.25, 0.3) is 0 Å². The molecule has 0 saturated heterocycles. The highest BCUT2D eigenvalue weighted by atomic mass is 16.1. The fourth-order valence-electron chi connectivity index (χ4n) is 1.01. The van der Waals surface area contributed by atoms with Crippen molar-refractivity contribution in [3.63, 3.8) is 0 Å². The van der Waals surface area contributed by atoms with Crippen molar-refractivity contribution in [2.75, 3.05) is 0 Å². The summed E-state index contributed by atoms with van der Waals surface area (Å²) in [5.41, 5.74) is 0.404. The van der Waals surface area contributed by atoms with Crippen molar-refractivity contribution < 1.29 is 4.79 Å². The SMILES string of the molecule is CC(C)C(=O)CC1(C)CC1. The molecule has 0 aliphatic heterocycles. The van der Waals surface area contributed by atoms with Crippen LogP contribution in [0.1, 0.15) is 40.0 Å². The minimum Gasteiger partial charge on any atom is -0.299 e. The molecule has 0 amide bonds. The van der Waals surface area contributed by atoms with Crippen molar-refractivity contribution in [3.05, 3.63) is 0 Å². The van der Waals surface area contributed by atoms with Crippen molar-refractivity contribution in [1.82, 2.24) is 0 Å². The Hall–Kier alpha value is -0.330. The summed E-state index contributed by atoms with van der Waals surface area (Å²) >= 11 is 0. The predicted molar refractivity (Wildman–Crippen MR) is 41.8 cm³/mol. The maximum Gasteiger partial charge on any atom is 0.135 e. The Morgan fingerprint density at radius 2 is 2.00 bits per heavy atom. The molecule has 1 rings (SSSR count). The van der Waals surface area contributed by atoms with Gasteiger partial charge in [0.05, 0.1) is 0 Å². The van der Waals surface area contributed by atoms with Crippen molar-refractivity contribution >= 4 is 5.78 Å². The Morgan fingerprint density at radius 1 is 1.50 bits per heavy atom. The van der Waals surface area contributed by atoms with Crippen LogP contribution in [0.4, 0.5) is 0 Å². The lowest BCUT2D eigenvalue weighted by Crippen LogP contribution is -2.11. The van der Waals surface area contributed by atoms with Gasteiger partial charge in [-0.05, 0) is 18.3 Å². The Morgan fingerprint density at radius 3 is 2.30 bits per heavy atom. The summed E-state index contributed by atoms with van der Waals surface area (Å²) in [6, 6.07) is 0. The molecule has 0 N–H and O–H groups in total. The number of carbonyl (C=O) groups excluding carboxylic acids is 1. The summed E-state index contributed by atoms with van der Waals surface area (Å²) in [7, 11) is 0. The highest BCUT2D eigenvalue weighted by molar-refractivity contribution is 5.81. The third-order valence-electron chi connectivity index (χ3n) is 2.35. The zero-order valence-corrected chi connectivity index (χ0v) is 7.11. The quantitative estimate of drug-likeness (QED) is 0.588. The van der Waals surface area contributed by atoms with Crippen LogP contribution in [0.25, 0.3) is 0 Å². The molecule has 1 fully saturated rings. The van der Waals surface area contributed by atoms with Crippen LogP contribution in [-0.2, 0) is 4.79 Å². The standard InChI is InChI=1S/C9H16O/c1-7(2)8(10)6-9(3)4-5-9/h7H,4-6H2,1-3H3. The molecule has 0 unspecified atom stereocenters. The lowest BCUT2D eigenvalue weighted by Gasteiger charge is -2.08. The van der Waals surface area contributed by atoms with Crippen LogP contribution in [0.2, 0.25) is 0 Å². The van der Waals surface area contributed by atoms with E-state index < -0.39 is 0 Å². The van der Waals surface area contributed by atoms with Crippen molar-refractivity contribution in [2.24, 2.45) is 11.3 Å². The van der Waals surface area contributed by atoms with Gasteiger partial charge in [-0.25, -0.2) is 0 Å². The first-order valence-electron chi connectivity index (χ1n) is 4.06. The molecule has 0 heterocycles. The molecule has 1 nitrogen and oxygen atoms in total. The van der Waals surface area contributed by atoms with Crippen LogP contribution in [-0.4, -0.2) is 5.78 Å². The maximum absolute atomic E-state index is 11.2. The molecule has 1 aliphatic carbocycles. The number of Topliss-reactive ketones (excluding diaryl/α,β-unsaturated/α-hetero) is 1. The van der Waals surface area contributed by atoms with Gasteiger partial charge in [-0.1, -0.05) is 20.8 Å². The smallest absolute Gasteiger partial charge is 0.135 e. The fourth-order valence-corrected chi connectivity index (χ4v) is 1.01. The molecule has 58 valence electrons. The van der Waals surface area contributed by atoms with Gasteiger partial charge in [0.2, 0.25) is 0 Å². The topological polar surface area (TPSA) is 17.1 Å². The van der Waals surface area contributed by atoms with Gasteiger partial charge in [-0.3, -0.25) is 4.79 Å². The molecule has 0 aromatic heterocycles. The highest BCUT2D eigenvalue weighted by Crippen LogP contribution is 2.48. The lowest BCUT2D eigenvalue weighted by molar-refractivity contribution is -0.122. The van der Waals surface area contributed by atoms with Gasteiger partial charge >= 0.3 is 0 Å². The summed E-state index contributed by atoms with van der Waals surface area (Å²) in [4.78, 5) is 11.2. The molecular weight excluding hydrogens is 124 g/mol. The second-order valence-corrected chi connectivity index (χ2v) is 4.11. The molecule has 0 radical (unpaired) electrons. The number of carbonyl (C=O) groups is 1. The zero-order valence-electron chi connectivity index (χ0n) is 7.11. The average molecular weight is 140 g/mol. The summed E-state index contributed by atoms with van der Waals surface area (Å²) in [5, 5.41) is 0. The van der Waals surface area contributed by atoms with Gasteiger partial charge in [-0.2, -0.15) is 0 Å². The van der Waals surface area contributed by atoms with Gasteiger partial charge in [0.1, 0.15) is 5.78 Å². The molecule has 0 spiro atoms. The minimum absolute atomic E-state index is 0.234. The third-order valence-corrected chi connectivity index (χ3v) is 2.35. The van der Waals surface area contributed by atoms with Gasteiger partial charge in [-0.15, -0.1) is 0 Å². The second-order valence-electron chi connectivity index (χ2n) is 4.11. The number of hydrogen-bond donors (Lipinski definition) is 0. The number of ketones is 1. The molecule has 1 aliphatic rings. The first-order chi connectivity index (χ1) is 4.53. The summed E-state index contributed by atoms with van der Waals surface area (Å²) in [5.74, 6) is 0.664. The third kappa shape index (κ3) is 1.83. The van der Waals surface area contributed by atoms with Crippen molar-refractivity contribution in [1.29, 1.82) is 0 Å². The van der Waals surface area contributed by atoms with E-state index in [-0.39, 0.29) is 5.92 Å². The number of hydrogen-bond acceptors (Lipinski definition) is 1. The molecule has 1 heteroatoms. The van der Waals surface area contributed by atoms with E-state index in [0.717, 1.165) is 6.42 Å². The van der Waals surface area contributed by atoms with E-state index in [1.54, 1.807) is 0 Å². The predicted octanol–water partition coefficient (Wildman–Crippen LogP) is 2.40. The first-order valence-corrected chi connectivity index (χ1v) is 4.06.